The van der Waals surface area contributed by atoms with Crippen molar-refractivity contribution in [1.29, 1.82) is 0 Å². The fourth-order valence-electron chi connectivity index (χ4n) is 3.77. The third-order valence-electron chi connectivity index (χ3n) is 5.27. The predicted molar refractivity (Wildman–Crippen MR) is 132 cm³/mol. The Kier molecular flexibility index (Phi) is 5.34. The molecule has 0 radical (unpaired) electrons. The molecule has 5 rings (SSSR count). The first-order valence-corrected chi connectivity index (χ1v) is 10.9. The van der Waals surface area contributed by atoms with Crippen molar-refractivity contribution in [3.63, 3.8) is 0 Å². The zero-order chi connectivity index (χ0) is 22.1. The molecule has 0 aliphatic carbocycles. The number of aromatic amines is 2. The number of nitrogens with one attached hydrogen (secondary N) is 3. The Balaban J connectivity index is 1.67. The summed E-state index contributed by atoms with van der Waals surface area (Å²) in [5.41, 5.74) is 11.8. The highest BCUT2D eigenvalue weighted by molar-refractivity contribution is 9.10. The number of halogens is 1. The summed E-state index contributed by atoms with van der Waals surface area (Å²) < 4.78 is 1.00. The van der Waals surface area contributed by atoms with Crippen LogP contribution in [-0.4, -0.2) is 27.4 Å². The van der Waals surface area contributed by atoms with E-state index in [4.69, 9.17) is 10.7 Å². The highest BCUT2D eigenvalue weighted by atomic mass is 79.9. The number of carbonyl (C=O) groups excluding carboxylic acids is 1. The van der Waals surface area contributed by atoms with E-state index in [-0.39, 0.29) is 12.5 Å². The standard InChI is InChI=1S/C25H20BrN5O/c26-17-9-10-21-19(12-17)20(14-28-21)25-30-23(15-5-2-1-3-6-15)24(31-25)16-7-4-8-18(11-16)29-22(32)13-27/h1-12,14,28H,13,27H2,(H,29,32)(H,30,31). The molecule has 3 aromatic carbocycles. The molecule has 158 valence electrons. The summed E-state index contributed by atoms with van der Waals surface area (Å²) in [6, 6.07) is 23.8. The van der Waals surface area contributed by atoms with Crippen molar-refractivity contribution in [1.82, 2.24) is 15.0 Å². The average molecular weight is 486 g/mol. The number of hydrogen-bond donors (Lipinski definition) is 4. The second-order valence-electron chi connectivity index (χ2n) is 7.40. The molecule has 0 fully saturated rings. The van der Waals surface area contributed by atoms with E-state index < -0.39 is 0 Å². The lowest BCUT2D eigenvalue weighted by molar-refractivity contribution is -0.114. The molecule has 0 bridgehead atoms. The van der Waals surface area contributed by atoms with Crippen LogP contribution in [-0.2, 0) is 4.79 Å². The number of hydrogen-bond acceptors (Lipinski definition) is 3. The van der Waals surface area contributed by atoms with Crippen LogP contribution in [0.1, 0.15) is 0 Å². The number of nitrogens with zero attached hydrogens (tertiary/aromatic N) is 1. The Morgan fingerprint density at radius 1 is 1.00 bits per heavy atom. The smallest absolute Gasteiger partial charge is 0.238 e. The first-order chi connectivity index (χ1) is 15.6. The van der Waals surface area contributed by atoms with E-state index in [1.54, 1.807) is 0 Å². The molecule has 0 spiro atoms. The normalized spacial score (nSPS) is 11.1. The van der Waals surface area contributed by atoms with Crippen LogP contribution in [0.25, 0.3) is 44.8 Å². The fraction of sp³-hybridized carbons (Fsp3) is 0.0400. The van der Waals surface area contributed by atoms with Gasteiger partial charge in [-0.3, -0.25) is 4.79 Å². The van der Waals surface area contributed by atoms with Crippen LogP contribution >= 0.6 is 15.9 Å². The van der Waals surface area contributed by atoms with Gasteiger partial charge in [0.05, 0.1) is 17.9 Å². The summed E-state index contributed by atoms with van der Waals surface area (Å²) in [6.45, 7) is -0.0657. The van der Waals surface area contributed by atoms with Crippen LogP contribution in [0.15, 0.2) is 83.5 Å². The van der Waals surface area contributed by atoms with Gasteiger partial charge >= 0.3 is 0 Å². The zero-order valence-electron chi connectivity index (χ0n) is 17.0. The molecular formula is C25H20BrN5O. The number of amides is 1. The summed E-state index contributed by atoms with van der Waals surface area (Å²) >= 11 is 3.56. The maximum Gasteiger partial charge on any atom is 0.238 e. The number of fused-ring (bicyclic) bond motifs is 1. The summed E-state index contributed by atoms with van der Waals surface area (Å²) in [6.07, 6.45) is 1.96. The Bertz CT molecular complexity index is 1420. The molecule has 0 aliphatic heterocycles. The molecule has 0 saturated carbocycles. The molecule has 2 aromatic heterocycles. The van der Waals surface area contributed by atoms with Crippen molar-refractivity contribution >= 4 is 38.4 Å². The number of carbonyl (C=O) groups is 1. The van der Waals surface area contributed by atoms with Gasteiger partial charge in [0.15, 0.2) is 0 Å². The SMILES string of the molecule is NCC(=O)Nc1cccc(-c2[nH]c(-c3c[nH]c4ccc(Br)cc34)nc2-c2ccccc2)c1. The summed E-state index contributed by atoms with van der Waals surface area (Å²) in [5, 5.41) is 3.89. The van der Waals surface area contributed by atoms with Crippen LogP contribution in [0.3, 0.4) is 0 Å². The summed E-state index contributed by atoms with van der Waals surface area (Å²) in [5.74, 6) is 0.528. The second-order valence-corrected chi connectivity index (χ2v) is 8.32. The van der Waals surface area contributed by atoms with Crippen molar-refractivity contribution in [2.45, 2.75) is 0 Å². The van der Waals surface area contributed by atoms with Crippen molar-refractivity contribution in [3.05, 3.63) is 83.5 Å². The average Bonchev–Trinajstić information content (AvgIpc) is 3.44. The van der Waals surface area contributed by atoms with E-state index in [9.17, 15) is 4.79 Å². The Labute approximate surface area is 193 Å². The van der Waals surface area contributed by atoms with Gasteiger partial charge in [-0.25, -0.2) is 4.98 Å². The molecule has 6 nitrogen and oxygen atoms in total. The molecule has 0 atom stereocenters. The van der Waals surface area contributed by atoms with Gasteiger partial charge in [0, 0.05) is 44.0 Å². The molecule has 5 N–H and O–H groups in total. The van der Waals surface area contributed by atoms with Gasteiger partial charge in [0.2, 0.25) is 5.91 Å². The van der Waals surface area contributed by atoms with E-state index >= 15 is 0 Å². The summed E-state index contributed by atoms with van der Waals surface area (Å²) in [7, 11) is 0. The minimum atomic E-state index is -0.236. The highest BCUT2D eigenvalue weighted by Crippen LogP contribution is 2.36. The van der Waals surface area contributed by atoms with E-state index in [0.29, 0.717) is 5.69 Å². The van der Waals surface area contributed by atoms with Crippen LogP contribution < -0.4 is 11.1 Å². The topological polar surface area (TPSA) is 99.6 Å². The van der Waals surface area contributed by atoms with Gasteiger partial charge < -0.3 is 21.0 Å². The molecule has 5 aromatic rings. The van der Waals surface area contributed by atoms with Crippen molar-refractivity contribution in [2.75, 3.05) is 11.9 Å². The zero-order valence-corrected chi connectivity index (χ0v) is 18.6. The molecular weight excluding hydrogens is 466 g/mol. The van der Waals surface area contributed by atoms with Crippen molar-refractivity contribution in [3.8, 4) is 33.9 Å². The quantitative estimate of drug-likeness (QED) is 0.262. The first kappa shape index (κ1) is 20.2. The Morgan fingerprint density at radius 2 is 1.81 bits per heavy atom. The highest BCUT2D eigenvalue weighted by Gasteiger charge is 2.18. The number of anilines is 1. The minimum Gasteiger partial charge on any atom is -0.360 e. The molecule has 2 heterocycles. The molecule has 0 unspecified atom stereocenters. The predicted octanol–water partition coefficient (Wildman–Crippen LogP) is 5.55. The second kappa shape index (κ2) is 8.45. The lowest BCUT2D eigenvalue weighted by Gasteiger charge is -2.07. The van der Waals surface area contributed by atoms with Gasteiger partial charge in [0.1, 0.15) is 5.82 Å². The molecule has 1 amide bonds. The summed E-state index contributed by atoms with van der Waals surface area (Å²) in [4.78, 5) is 23.6. The molecule has 32 heavy (non-hydrogen) atoms. The maximum absolute atomic E-state index is 11.8. The first-order valence-electron chi connectivity index (χ1n) is 10.1. The van der Waals surface area contributed by atoms with E-state index in [2.05, 4.69) is 37.3 Å². The number of aromatic nitrogens is 3. The lowest BCUT2D eigenvalue weighted by atomic mass is 10.0. The van der Waals surface area contributed by atoms with E-state index in [0.717, 1.165) is 49.3 Å². The molecule has 7 heteroatoms. The Hall–Kier alpha value is -3.68. The van der Waals surface area contributed by atoms with Crippen LogP contribution in [0.2, 0.25) is 0 Å². The van der Waals surface area contributed by atoms with Crippen LogP contribution in [0, 0.1) is 0 Å². The number of rotatable bonds is 5. The third-order valence-corrected chi connectivity index (χ3v) is 5.76. The fourth-order valence-corrected chi connectivity index (χ4v) is 4.13. The third kappa shape index (κ3) is 3.84. The van der Waals surface area contributed by atoms with Crippen molar-refractivity contribution in [2.24, 2.45) is 5.73 Å². The van der Waals surface area contributed by atoms with Gasteiger partial charge in [-0.05, 0) is 30.3 Å². The van der Waals surface area contributed by atoms with Gasteiger partial charge in [-0.2, -0.15) is 0 Å². The van der Waals surface area contributed by atoms with Gasteiger partial charge in [-0.1, -0.05) is 58.4 Å². The van der Waals surface area contributed by atoms with Crippen molar-refractivity contribution < 1.29 is 4.79 Å². The number of nitrogens with two attached hydrogens (primary N) is 1. The number of imidazole rings is 1. The van der Waals surface area contributed by atoms with Gasteiger partial charge in [0.25, 0.3) is 0 Å². The number of H-pyrrole nitrogens is 2. The minimum absolute atomic E-state index is 0.0657. The monoisotopic (exact) mass is 485 g/mol. The molecule has 0 aliphatic rings. The van der Waals surface area contributed by atoms with E-state index in [1.165, 1.54) is 0 Å². The lowest BCUT2D eigenvalue weighted by Crippen LogP contribution is -2.21. The largest absolute Gasteiger partial charge is 0.360 e. The van der Waals surface area contributed by atoms with E-state index in [1.807, 2.05) is 72.9 Å². The van der Waals surface area contributed by atoms with Crippen LogP contribution in [0.4, 0.5) is 5.69 Å². The number of benzene rings is 3. The maximum atomic E-state index is 11.8. The Morgan fingerprint density at radius 3 is 2.62 bits per heavy atom. The van der Waals surface area contributed by atoms with Gasteiger partial charge in [-0.15, -0.1) is 0 Å². The molecule has 0 saturated heterocycles. The van der Waals surface area contributed by atoms with Crippen LogP contribution in [0.5, 0.6) is 0 Å².